The van der Waals surface area contributed by atoms with Gasteiger partial charge in [0, 0.05) is 50.6 Å². The molecule has 10 heteroatoms. The van der Waals surface area contributed by atoms with Gasteiger partial charge in [-0.15, -0.1) is 0 Å². The second-order valence-electron chi connectivity index (χ2n) is 9.74. The molecule has 1 aliphatic carbocycles. The first-order valence-corrected chi connectivity index (χ1v) is 16.1. The molecule has 6 rings (SSSR count). The van der Waals surface area contributed by atoms with E-state index in [-0.39, 0.29) is 23.0 Å². The molecule has 0 radical (unpaired) electrons. The molecular formula is C28H26ClN4O3PS. The van der Waals surface area contributed by atoms with Gasteiger partial charge < -0.3 is 9.55 Å². The second kappa shape index (κ2) is 9.45. The summed E-state index contributed by atoms with van der Waals surface area (Å²) in [6, 6.07) is 16.9. The molecule has 5 aromatic rings. The van der Waals surface area contributed by atoms with Crippen LogP contribution in [0.3, 0.4) is 0 Å². The van der Waals surface area contributed by atoms with Crippen molar-refractivity contribution in [3.8, 4) is 11.1 Å². The van der Waals surface area contributed by atoms with Gasteiger partial charge in [-0.3, -0.25) is 23.5 Å². The predicted octanol–water partition coefficient (Wildman–Crippen LogP) is 5.17. The fourth-order valence-electron chi connectivity index (χ4n) is 4.95. The Labute approximate surface area is 227 Å². The first kappa shape index (κ1) is 25.0. The third kappa shape index (κ3) is 4.37. The van der Waals surface area contributed by atoms with Crippen LogP contribution in [0.4, 0.5) is 0 Å². The summed E-state index contributed by atoms with van der Waals surface area (Å²) in [5.74, 6) is -0.493. The van der Waals surface area contributed by atoms with Gasteiger partial charge in [0.25, 0.3) is 11.5 Å². The standard InChI is InChI=1S/C28H26ClN4O3PS/c1-16-8-11-23-21(13-16)24(20-6-4-12-30-27(20)34)26(28(35)32-38(36,37)18-9-10-18)33(23)15-17-14-31-22-7-3-2-5-19(22)25(17)29/h2-8,11-14,18,38H,9-10,15,37H2,1H3,(H,30,34)(H,32,35,36). The van der Waals surface area contributed by atoms with Gasteiger partial charge in [0.15, 0.2) is 0 Å². The van der Waals surface area contributed by atoms with Gasteiger partial charge in [-0.05, 0) is 68.3 Å². The molecule has 2 N–H and O–H groups in total. The van der Waals surface area contributed by atoms with Crippen molar-refractivity contribution in [2.75, 3.05) is 0 Å². The number of aromatic amines is 1. The highest BCUT2D eigenvalue weighted by Gasteiger charge is 2.36. The lowest BCUT2D eigenvalue weighted by Crippen LogP contribution is -2.36. The summed E-state index contributed by atoms with van der Waals surface area (Å²) in [4.78, 5) is 34.3. The average Bonchev–Trinajstić information content (AvgIpc) is 3.71. The minimum absolute atomic E-state index is 0.0424. The van der Waals surface area contributed by atoms with Crippen LogP contribution in [0.25, 0.3) is 32.9 Å². The van der Waals surface area contributed by atoms with Gasteiger partial charge in [-0.1, -0.05) is 41.4 Å². The topological polar surface area (TPSA) is 96.9 Å². The van der Waals surface area contributed by atoms with Crippen LogP contribution < -0.4 is 10.3 Å². The van der Waals surface area contributed by atoms with E-state index in [1.54, 1.807) is 24.5 Å². The van der Waals surface area contributed by atoms with E-state index < -0.39 is 15.6 Å². The van der Waals surface area contributed by atoms with Crippen LogP contribution in [0, 0.1) is 6.92 Å². The van der Waals surface area contributed by atoms with Gasteiger partial charge in [-0.2, -0.15) is 0 Å². The number of hydrogen-bond acceptors (Lipinski definition) is 4. The van der Waals surface area contributed by atoms with Gasteiger partial charge in [0.1, 0.15) is 5.69 Å². The van der Waals surface area contributed by atoms with Crippen LogP contribution in [0.15, 0.2) is 71.8 Å². The Bertz CT molecular complexity index is 1860. The van der Waals surface area contributed by atoms with Crippen LogP contribution in [0.5, 0.6) is 0 Å². The molecule has 1 saturated carbocycles. The summed E-state index contributed by atoms with van der Waals surface area (Å²) in [6.07, 6.45) is 4.90. The predicted molar refractivity (Wildman–Crippen MR) is 158 cm³/mol. The van der Waals surface area contributed by atoms with Crippen LogP contribution in [0.1, 0.15) is 34.5 Å². The van der Waals surface area contributed by atoms with Crippen LogP contribution in [0.2, 0.25) is 5.02 Å². The number of nitrogens with one attached hydrogen (secondary N) is 2. The minimum Gasteiger partial charge on any atom is -0.331 e. The Balaban J connectivity index is 1.62. The molecule has 3 aromatic heterocycles. The fraction of sp³-hybridized carbons (Fsp3) is 0.179. The van der Waals surface area contributed by atoms with E-state index in [2.05, 4.69) is 23.1 Å². The molecule has 1 aliphatic rings. The zero-order valence-electron chi connectivity index (χ0n) is 20.6. The molecule has 38 heavy (non-hydrogen) atoms. The SMILES string of the molecule is Cc1ccc2c(c1)c(-c1ccc[nH]c1=O)c(C(=O)N[SH](=O)(P)C1CC1)n2Cc1cnc2ccccc2c1Cl. The highest BCUT2D eigenvalue weighted by atomic mass is 35.5. The number of amides is 1. The maximum absolute atomic E-state index is 14.0. The average molecular weight is 565 g/mol. The van der Waals surface area contributed by atoms with Gasteiger partial charge >= 0.3 is 0 Å². The number of halogens is 1. The number of carbonyl (C=O) groups is 1. The zero-order valence-corrected chi connectivity index (χ0v) is 23.4. The number of aromatic nitrogens is 3. The Morgan fingerprint density at radius 3 is 2.74 bits per heavy atom. The molecule has 0 saturated heterocycles. The van der Waals surface area contributed by atoms with Crippen LogP contribution in [-0.2, 0) is 16.3 Å². The number of para-hydroxylation sites is 1. The number of rotatable bonds is 6. The van der Waals surface area contributed by atoms with Crippen molar-refractivity contribution in [3.05, 3.63) is 99.2 Å². The molecule has 1 amide bonds. The number of carbonyl (C=O) groups excluding carboxylic acids is 1. The Morgan fingerprint density at radius 2 is 1.97 bits per heavy atom. The Kier molecular flexibility index (Phi) is 6.22. The largest absolute Gasteiger partial charge is 0.331 e. The van der Waals surface area contributed by atoms with E-state index >= 15 is 0 Å². The van der Waals surface area contributed by atoms with E-state index in [4.69, 9.17) is 11.6 Å². The molecule has 1 fully saturated rings. The number of aryl methyl sites for hydroxylation is 1. The quantitative estimate of drug-likeness (QED) is 0.196. The molecular weight excluding hydrogens is 539 g/mol. The Morgan fingerprint density at radius 1 is 1.18 bits per heavy atom. The Hall–Kier alpha value is -3.32. The molecule has 7 nitrogen and oxygen atoms in total. The minimum atomic E-state index is -3.02. The lowest BCUT2D eigenvalue weighted by atomic mass is 10.0. The zero-order chi connectivity index (χ0) is 26.6. The third-order valence-corrected chi connectivity index (χ3v) is 11.2. The molecule has 1 atom stereocenters. The summed E-state index contributed by atoms with van der Waals surface area (Å²) < 4.78 is 18.0. The van der Waals surface area contributed by atoms with Crippen molar-refractivity contribution >= 4 is 57.5 Å². The molecule has 0 aliphatic heterocycles. The second-order valence-corrected chi connectivity index (χ2v) is 14.8. The van der Waals surface area contributed by atoms with Crippen molar-refractivity contribution in [1.82, 2.24) is 19.3 Å². The molecule has 194 valence electrons. The van der Waals surface area contributed by atoms with Gasteiger partial charge in [-0.25, -0.2) is 0 Å². The van der Waals surface area contributed by atoms with Crippen molar-refractivity contribution in [2.45, 2.75) is 31.6 Å². The van der Waals surface area contributed by atoms with E-state index in [1.807, 2.05) is 54.0 Å². The smallest absolute Gasteiger partial charge is 0.278 e. The lowest BCUT2D eigenvalue weighted by Gasteiger charge is -2.21. The van der Waals surface area contributed by atoms with Crippen molar-refractivity contribution in [1.29, 1.82) is 0 Å². The molecule has 0 bridgehead atoms. The van der Waals surface area contributed by atoms with Crippen molar-refractivity contribution in [2.24, 2.45) is 0 Å². The van der Waals surface area contributed by atoms with E-state index in [0.29, 0.717) is 16.1 Å². The maximum Gasteiger partial charge on any atom is 0.278 e. The molecule has 1 unspecified atom stereocenters. The van der Waals surface area contributed by atoms with E-state index in [9.17, 15) is 13.8 Å². The summed E-state index contributed by atoms with van der Waals surface area (Å²) in [7, 11) is -0.646. The third-order valence-electron chi connectivity index (χ3n) is 7.00. The van der Waals surface area contributed by atoms with Gasteiger partial charge in [0.2, 0.25) is 0 Å². The monoisotopic (exact) mass is 564 g/mol. The number of nitrogens with zero attached hydrogens (tertiary/aromatic N) is 2. The first-order valence-electron chi connectivity index (χ1n) is 12.3. The van der Waals surface area contributed by atoms with Crippen LogP contribution >= 0.6 is 20.0 Å². The number of thiol groups is 1. The highest BCUT2D eigenvalue weighted by Crippen LogP contribution is 2.39. The normalized spacial score (nSPS) is 14.2. The summed E-state index contributed by atoms with van der Waals surface area (Å²) in [6.45, 7) is 2.19. The number of benzene rings is 2. The van der Waals surface area contributed by atoms with E-state index in [1.165, 1.54) is 0 Å². The van der Waals surface area contributed by atoms with Gasteiger partial charge in [0.05, 0.1) is 17.1 Å². The van der Waals surface area contributed by atoms with Crippen LogP contribution in [-0.4, -0.2) is 29.9 Å². The lowest BCUT2D eigenvalue weighted by molar-refractivity contribution is 0.0975. The molecule has 3 heterocycles. The molecule has 2 aromatic carbocycles. The first-order chi connectivity index (χ1) is 18.2. The summed E-state index contributed by atoms with van der Waals surface area (Å²) in [5.41, 5.74) is 4.04. The molecule has 0 spiro atoms. The maximum atomic E-state index is 14.0. The number of fused-ring (bicyclic) bond motifs is 2. The highest BCUT2D eigenvalue weighted by molar-refractivity contribution is 8.44. The summed E-state index contributed by atoms with van der Waals surface area (Å²) >= 11 is 6.85. The number of H-pyrrole nitrogens is 1. The van der Waals surface area contributed by atoms with E-state index in [0.717, 1.165) is 45.8 Å². The summed E-state index contributed by atoms with van der Waals surface area (Å²) in [5, 5.41) is 2.07. The number of hydrogen-bond donors (Lipinski definition) is 3. The van der Waals surface area contributed by atoms with Crippen molar-refractivity contribution < 1.29 is 9.00 Å². The van der Waals surface area contributed by atoms with Crippen molar-refractivity contribution in [3.63, 3.8) is 0 Å². The fourth-order valence-corrected chi connectivity index (χ4v) is 7.99. The number of pyridine rings is 2.